The molecule has 1 fully saturated rings. The standard InChI is InChI=1S/C18H28N4S/c1-14(2)15-5-6-17-16(13-15)19-18(23-17)22-11-9-21(10-12-22)8-7-20(3)4/h5-6,13-14H,7-12H2,1-4H3. The molecule has 0 N–H and O–H groups in total. The van der Waals surface area contributed by atoms with Crippen LogP contribution in [0.25, 0.3) is 10.2 Å². The Kier molecular flexibility index (Phi) is 5.19. The molecule has 1 saturated heterocycles. The fourth-order valence-corrected chi connectivity index (χ4v) is 3.93. The lowest BCUT2D eigenvalue weighted by atomic mass is 10.0. The summed E-state index contributed by atoms with van der Waals surface area (Å²) >= 11 is 1.83. The third kappa shape index (κ3) is 4.03. The van der Waals surface area contributed by atoms with Crippen LogP contribution in [0.1, 0.15) is 25.3 Å². The van der Waals surface area contributed by atoms with Crippen LogP contribution < -0.4 is 4.90 Å². The zero-order valence-corrected chi connectivity index (χ0v) is 15.6. The van der Waals surface area contributed by atoms with E-state index in [1.807, 2.05) is 11.3 Å². The number of hydrogen-bond acceptors (Lipinski definition) is 5. The summed E-state index contributed by atoms with van der Waals surface area (Å²) in [4.78, 5) is 12.2. The molecule has 1 aliphatic rings. The first-order chi connectivity index (χ1) is 11.0. The van der Waals surface area contributed by atoms with E-state index in [4.69, 9.17) is 4.98 Å². The predicted molar refractivity (Wildman–Crippen MR) is 101 cm³/mol. The normalized spacial score (nSPS) is 16.9. The maximum absolute atomic E-state index is 4.90. The summed E-state index contributed by atoms with van der Waals surface area (Å²) in [5.74, 6) is 0.560. The van der Waals surface area contributed by atoms with Crippen molar-refractivity contribution in [1.82, 2.24) is 14.8 Å². The molecule has 0 saturated carbocycles. The van der Waals surface area contributed by atoms with Crippen LogP contribution in [-0.4, -0.2) is 68.1 Å². The zero-order chi connectivity index (χ0) is 16.4. The highest BCUT2D eigenvalue weighted by molar-refractivity contribution is 7.22. The van der Waals surface area contributed by atoms with Crippen molar-refractivity contribution in [3.8, 4) is 0 Å². The van der Waals surface area contributed by atoms with Gasteiger partial charge in [0.25, 0.3) is 0 Å². The molecule has 0 bridgehead atoms. The molecule has 2 heterocycles. The van der Waals surface area contributed by atoms with E-state index in [0.29, 0.717) is 5.92 Å². The van der Waals surface area contributed by atoms with E-state index in [9.17, 15) is 0 Å². The monoisotopic (exact) mass is 332 g/mol. The van der Waals surface area contributed by atoms with E-state index in [1.165, 1.54) is 21.9 Å². The summed E-state index contributed by atoms with van der Waals surface area (Å²) in [6.07, 6.45) is 0. The number of thiazole rings is 1. The lowest BCUT2D eigenvalue weighted by Gasteiger charge is -2.35. The molecular weight excluding hydrogens is 304 g/mol. The predicted octanol–water partition coefficient (Wildman–Crippen LogP) is 3.10. The zero-order valence-electron chi connectivity index (χ0n) is 14.7. The Morgan fingerprint density at radius 3 is 2.57 bits per heavy atom. The van der Waals surface area contributed by atoms with Crippen molar-refractivity contribution in [2.45, 2.75) is 19.8 Å². The van der Waals surface area contributed by atoms with Gasteiger partial charge in [-0.25, -0.2) is 4.98 Å². The topological polar surface area (TPSA) is 22.6 Å². The summed E-state index contributed by atoms with van der Waals surface area (Å²) in [6, 6.07) is 6.74. The fraction of sp³-hybridized carbons (Fsp3) is 0.611. The molecule has 0 spiro atoms. The highest BCUT2D eigenvalue weighted by atomic mass is 32.1. The van der Waals surface area contributed by atoms with E-state index in [0.717, 1.165) is 38.2 Å². The van der Waals surface area contributed by atoms with Gasteiger partial charge in [-0.2, -0.15) is 0 Å². The molecule has 5 heteroatoms. The molecule has 0 aliphatic carbocycles. The molecule has 1 aromatic carbocycles. The van der Waals surface area contributed by atoms with Gasteiger partial charge in [-0.15, -0.1) is 0 Å². The Morgan fingerprint density at radius 1 is 1.17 bits per heavy atom. The maximum atomic E-state index is 4.90. The quantitative estimate of drug-likeness (QED) is 0.839. The van der Waals surface area contributed by atoms with Crippen LogP contribution >= 0.6 is 11.3 Å². The lowest BCUT2D eigenvalue weighted by molar-refractivity contribution is 0.229. The van der Waals surface area contributed by atoms with Crippen molar-refractivity contribution < 1.29 is 0 Å². The number of piperazine rings is 1. The lowest BCUT2D eigenvalue weighted by Crippen LogP contribution is -2.48. The average molecular weight is 333 g/mol. The van der Waals surface area contributed by atoms with Gasteiger partial charge < -0.3 is 9.80 Å². The number of rotatable bonds is 5. The maximum Gasteiger partial charge on any atom is 0.186 e. The van der Waals surface area contributed by atoms with Crippen LogP contribution in [-0.2, 0) is 0 Å². The van der Waals surface area contributed by atoms with Crippen molar-refractivity contribution in [3.63, 3.8) is 0 Å². The first-order valence-electron chi connectivity index (χ1n) is 8.55. The molecule has 1 aliphatic heterocycles. The summed E-state index contributed by atoms with van der Waals surface area (Å²) in [5.41, 5.74) is 2.54. The SMILES string of the molecule is CC(C)c1ccc2sc(N3CCN(CCN(C)C)CC3)nc2c1. The van der Waals surface area contributed by atoms with Gasteiger partial charge in [0.05, 0.1) is 10.2 Å². The van der Waals surface area contributed by atoms with E-state index in [2.05, 4.69) is 60.8 Å². The summed E-state index contributed by atoms with van der Waals surface area (Å²) in [6.45, 7) is 11.2. The molecule has 0 radical (unpaired) electrons. The largest absolute Gasteiger partial charge is 0.345 e. The van der Waals surface area contributed by atoms with Gasteiger partial charge in [0.2, 0.25) is 0 Å². The van der Waals surface area contributed by atoms with E-state index < -0.39 is 0 Å². The van der Waals surface area contributed by atoms with Crippen LogP contribution in [0.4, 0.5) is 5.13 Å². The summed E-state index contributed by atoms with van der Waals surface area (Å²) in [5, 5.41) is 1.19. The molecule has 2 aromatic rings. The Balaban J connectivity index is 1.65. The van der Waals surface area contributed by atoms with Crippen molar-refractivity contribution in [1.29, 1.82) is 0 Å². The van der Waals surface area contributed by atoms with Gasteiger partial charge in [0.15, 0.2) is 5.13 Å². The van der Waals surface area contributed by atoms with Gasteiger partial charge in [0, 0.05) is 39.3 Å². The van der Waals surface area contributed by atoms with Gasteiger partial charge in [-0.05, 0) is 37.7 Å². The van der Waals surface area contributed by atoms with Crippen LogP contribution in [0.3, 0.4) is 0 Å². The van der Waals surface area contributed by atoms with Gasteiger partial charge in [-0.1, -0.05) is 31.3 Å². The van der Waals surface area contributed by atoms with Crippen molar-refractivity contribution in [2.75, 3.05) is 58.3 Å². The van der Waals surface area contributed by atoms with Crippen LogP contribution in [0, 0.1) is 0 Å². The molecule has 0 amide bonds. The van der Waals surface area contributed by atoms with Crippen LogP contribution in [0.15, 0.2) is 18.2 Å². The Morgan fingerprint density at radius 2 is 1.91 bits per heavy atom. The highest BCUT2D eigenvalue weighted by Crippen LogP contribution is 2.31. The number of nitrogens with zero attached hydrogens (tertiary/aromatic N) is 4. The number of benzene rings is 1. The van der Waals surface area contributed by atoms with Crippen molar-refractivity contribution in [2.24, 2.45) is 0 Å². The molecule has 1 aromatic heterocycles. The average Bonchev–Trinajstić information content (AvgIpc) is 2.96. The summed E-state index contributed by atoms with van der Waals surface area (Å²) in [7, 11) is 4.28. The molecule has 0 unspecified atom stereocenters. The second-order valence-corrected chi connectivity index (χ2v) is 8.02. The minimum atomic E-state index is 0.560. The van der Waals surface area contributed by atoms with Crippen molar-refractivity contribution in [3.05, 3.63) is 23.8 Å². The van der Waals surface area contributed by atoms with Gasteiger partial charge >= 0.3 is 0 Å². The Labute approximate surface area is 143 Å². The Hall–Kier alpha value is -1.17. The second-order valence-electron chi connectivity index (χ2n) is 7.01. The number of aromatic nitrogens is 1. The molecule has 23 heavy (non-hydrogen) atoms. The van der Waals surface area contributed by atoms with E-state index >= 15 is 0 Å². The third-order valence-corrected chi connectivity index (χ3v) is 5.67. The third-order valence-electron chi connectivity index (χ3n) is 4.57. The number of hydrogen-bond donors (Lipinski definition) is 0. The van der Waals surface area contributed by atoms with E-state index in [-0.39, 0.29) is 0 Å². The molecule has 4 nitrogen and oxygen atoms in total. The molecule has 3 rings (SSSR count). The minimum Gasteiger partial charge on any atom is -0.345 e. The first kappa shape index (κ1) is 16.7. The molecule has 0 atom stereocenters. The smallest absolute Gasteiger partial charge is 0.186 e. The number of anilines is 1. The van der Waals surface area contributed by atoms with Crippen molar-refractivity contribution >= 4 is 26.7 Å². The Bertz CT molecular complexity index is 642. The second kappa shape index (κ2) is 7.16. The van der Waals surface area contributed by atoms with E-state index in [1.54, 1.807) is 0 Å². The summed E-state index contributed by atoms with van der Waals surface area (Å²) < 4.78 is 1.31. The highest BCUT2D eigenvalue weighted by Gasteiger charge is 2.19. The van der Waals surface area contributed by atoms with Gasteiger partial charge in [0.1, 0.15) is 0 Å². The number of fused-ring (bicyclic) bond motifs is 1. The van der Waals surface area contributed by atoms with Crippen LogP contribution in [0.5, 0.6) is 0 Å². The van der Waals surface area contributed by atoms with Gasteiger partial charge in [-0.3, -0.25) is 4.90 Å². The van der Waals surface area contributed by atoms with Crippen LogP contribution in [0.2, 0.25) is 0 Å². The minimum absolute atomic E-state index is 0.560. The fourth-order valence-electron chi connectivity index (χ4n) is 2.93. The molecule has 126 valence electrons. The molecular formula is C18H28N4S. The number of likely N-dealkylation sites (N-methyl/N-ethyl adjacent to an activating group) is 1. The first-order valence-corrected chi connectivity index (χ1v) is 9.37.